The van der Waals surface area contributed by atoms with E-state index >= 15 is 0 Å². The Labute approximate surface area is 124 Å². The molecule has 110 valence electrons. The second-order valence-electron chi connectivity index (χ2n) is 5.36. The van der Waals surface area contributed by atoms with Gasteiger partial charge in [0.05, 0.1) is 12.2 Å². The summed E-state index contributed by atoms with van der Waals surface area (Å²) in [4.78, 5) is 8.26. The Morgan fingerprint density at radius 1 is 1.40 bits per heavy atom. The smallest absolute Gasteiger partial charge is 0.185 e. The van der Waals surface area contributed by atoms with Crippen molar-refractivity contribution in [1.82, 2.24) is 10.3 Å². The van der Waals surface area contributed by atoms with Crippen LogP contribution in [0.15, 0.2) is 16.5 Å². The average molecular weight is 293 g/mol. The first kappa shape index (κ1) is 15.1. The fourth-order valence-corrected chi connectivity index (χ4v) is 3.31. The van der Waals surface area contributed by atoms with E-state index in [1.54, 1.807) is 11.3 Å². The molecule has 20 heavy (non-hydrogen) atoms. The van der Waals surface area contributed by atoms with E-state index in [0.717, 1.165) is 29.7 Å². The van der Waals surface area contributed by atoms with Gasteiger partial charge in [-0.25, -0.2) is 4.98 Å². The molecule has 5 heteroatoms. The second kappa shape index (κ2) is 6.41. The number of thiazole rings is 1. The molecule has 0 atom stereocenters. The quantitative estimate of drug-likeness (QED) is 0.884. The van der Waals surface area contributed by atoms with Crippen LogP contribution in [0.3, 0.4) is 0 Å². The van der Waals surface area contributed by atoms with Crippen molar-refractivity contribution in [3.8, 4) is 0 Å². The molecule has 0 aliphatic rings. The van der Waals surface area contributed by atoms with Crippen LogP contribution in [0.25, 0.3) is 0 Å². The van der Waals surface area contributed by atoms with Gasteiger partial charge in [-0.05, 0) is 32.0 Å². The van der Waals surface area contributed by atoms with E-state index in [4.69, 9.17) is 9.40 Å². The Bertz CT molecular complexity index is 559. The molecular formula is C15H23N3OS. The first-order valence-corrected chi connectivity index (χ1v) is 7.73. The van der Waals surface area contributed by atoms with Crippen LogP contribution in [0, 0.1) is 6.92 Å². The van der Waals surface area contributed by atoms with Gasteiger partial charge in [0, 0.05) is 18.5 Å². The van der Waals surface area contributed by atoms with Gasteiger partial charge in [-0.2, -0.15) is 0 Å². The SMILES string of the molecule is CNCc1sc(N(C)Cc2ccc(C)o2)nc1C(C)C. The van der Waals surface area contributed by atoms with Crippen LogP contribution in [-0.4, -0.2) is 19.1 Å². The molecule has 0 saturated heterocycles. The minimum absolute atomic E-state index is 0.447. The maximum atomic E-state index is 5.63. The van der Waals surface area contributed by atoms with Gasteiger partial charge in [-0.1, -0.05) is 13.8 Å². The number of anilines is 1. The summed E-state index contributed by atoms with van der Waals surface area (Å²) in [5.74, 6) is 2.37. The summed E-state index contributed by atoms with van der Waals surface area (Å²) < 4.78 is 5.63. The van der Waals surface area contributed by atoms with E-state index in [1.165, 1.54) is 10.6 Å². The molecule has 4 nitrogen and oxygen atoms in total. The van der Waals surface area contributed by atoms with E-state index in [1.807, 2.05) is 26.1 Å². The van der Waals surface area contributed by atoms with E-state index in [9.17, 15) is 0 Å². The number of nitrogens with zero attached hydrogens (tertiary/aromatic N) is 2. The first-order valence-electron chi connectivity index (χ1n) is 6.92. The summed E-state index contributed by atoms with van der Waals surface area (Å²) in [6.07, 6.45) is 0. The third kappa shape index (κ3) is 3.41. The zero-order valence-electron chi connectivity index (χ0n) is 12.9. The van der Waals surface area contributed by atoms with Crippen molar-refractivity contribution in [2.45, 2.75) is 39.8 Å². The van der Waals surface area contributed by atoms with Crippen LogP contribution in [0.1, 0.15) is 41.9 Å². The summed E-state index contributed by atoms with van der Waals surface area (Å²) in [6.45, 7) is 7.97. The number of rotatable bonds is 6. The first-order chi connectivity index (χ1) is 9.51. The van der Waals surface area contributed by atoms with Crippen LogP contribution in [-0.2, 0) is 13.1 Å². The maximum Gasteiger partial charge on any atom is 0.185 e. The standard InChI is InChI=1S/C15H23N3OS/c1-10(2)14-13(8-16-4)20-15(17-14)18(5)9-12-7-6-11(3)19-12/h6-7,10,16H,8-9H2,1-5H3. The van der Waals surface area contributed by atoms with Crippen LogP contribution < -0.4 is 10.2 Å². The minimum Gasteiger partial charge on any atom is -0.464 e. The topological polar surface area (TPSA) is 41.3 Å². The van der Waals surface area contributed by atoms with Gasteiger partial charge >= 0.3 is 0 Å². The molecule has 0 fully saturated rings. The Hall–Kier alpha value is -1.33. The van der Waals surface area contributed by atoms with Gasteiger partial charge in [-0.3, -0.25) is 0 Å². The molecule has 1 N–H and O–H groups in total. The molecule has 0 aromatic carbocycles. The third-order valence-electron chi connectivity index (χ3n) is 3.12. The van der Waals surface area contributed by atoms with Crippen LogP contribution >= 0.6 is 11.3 Å². The minimum atomic E-state index is 0.447. The zero-order chi connectivity index (χ0) is 14.7. The molecule has 0 aliphatic heterocycles. The number of aromatic nitrogens is 1. The molecule has 2 heterocycles. The summed E-state index contributed by atoms with van der Waals surface area (Å²) in [5, 5.41) is 4.27. The zero-order valence-corrected chi connectivity index (χ0v) is 13.7. The summed E-state index contributed by atoms with van der Waals surface area (Å²) in [5.41, 5.74) is 1.20. The van der Waals surface area contributed by atoms with Crippen LogP contribution in [0.4, 0.5) is 5.13 Å². The van der Waals surface area contributed by atoms with Gasteiger partial charge in [0.15, 0.2) is 5.13 Å². The largest absolute Gasteiger partial charge is 0.464 e. The van der Waals surface area contributed by atoms with E-state index in [2.05, 4.69) is 31.1 Å². The Morgan fingerprint density at radius 3 is 2.70 bits per heavy atom. The normalized spacial score (nSPS) is 11.3. The molecule has 0 spiro atoms. The van der Waals surface area contributed by atoms with Gasteiger partial charge < -0.3 is 14.6 Å². The van der Waals surface area contributed by atoms with Crippen molar-refractivity contribution in [2.24, 2.45) is 0 Å². The van der Waals surface area contributed by atoms with E-state index in [-0.39, 0.29) is 0 Å². The van der Waals surface area contributed by atoms with Gasteiger partial charge in [-0.15, -0.1) is 11.3 Å². The lowest BCUT2D eigenvalue weighted by Gasteiger charge is -2.13. The monoisotopic (exact) mass is 293 g/mol. The predicted molar refractivity (Wildman–Crippen MR) is 84.5 cm³/mol. The molecule has 0 radical (unpaired) electrons. The number of nitrogens with one attached hydrogen (secondary N) is 1. The molecule has 0 bridgehead atoms. The highest BCUT2D eigenvalue weighted by Gasteiger charge is 2.16. The Kier molecular flexibility index (Phi) is 4.83. The van der Waals surface area contributed by atoms with Crippen molar-refractivity contribution < 1.29 is 4.42 Å². The number of furan rings is 1. The van der Waals surface area contributed by atoms with Crippen molar-refractivity contribution in [3.05, 3.63) is 34.2 Å². The summed E-state index contributed by atoms with van der Waals surface area (Å²) >= 11 is 1.76. The lowest BCUT2D eigenvalue weighted by Crippen LogP contribution is -2.15. The fourth-order valence-electron chi connectivity index (χ4n) is 2.12. The maximum absolute atomic E-state index is 5.63. The number of hydrogen-bond acceptors (Lipinski definition) is 5. The molecule has 0 saturated carbocycles. The van der Waals surface area contributed by atoms with Crippen molar-refractivity contribution >= 4 is 16.5 Å². The summed E-state index contributed by atoms with van der Waals surface area (Å²) in [7, 11) is 4.03. The average Bonchev–Trinajstić information content (AvgIpc) is 2.96. The molecule has 2 rings (SSSR count). The molecule has 0 unspecified atom stereocenters. The highest BCUT2D eigenvalue weighted by atomic mass is 32.1. The second-order valence-corrected chi connectivity index (χ2v) is 6.42. The molecular weight excluding hydrogens is 270 g/mol. The van der Waals surface area contributed by atoms with Crippen LogP contribution in [0.5, 0.6) is 0 Å². The van der Waals surface area contributed by atoms with Gasteiger partial charge in [0.1, 0.15) is 11.5 Å². The van der Waals surface area contributed by atoms with E-state index in [0.29, 0.717) is 5.92 Å². The van der Waals surface area contributed by atoms with Crippen molar-refractivity contribution in [3.63, 3.8) is 0 Å². The highest BCUT2D eigenvalue weighted by molar-refractivity contribution is 7.15. The van der Waals surface area contributed by atoms with Crippen molar-refractivity contribution in [1.29, 1.82) is 0 Å². The lowest BCUT2D eigenvalue weighted by atomic mass is 10.1. The van der Waals surface area contributed by atoms with Gasteiger partial charge in [0.2, 0.25) is 0 Å². The number of hydrogen-bond donors (Lipinski definition) is 1. The third-order valence-corrected chi connectivity index (χ3v) is 4.30. The molecule has 0 aliphatic carbocycles. The Balaban J connectivity index is 2.16. The molecule has 0 amide bonds. The lowest BCUT2D eigenvalue weighted by molar-refractivity contribution is 0.481. The highest BCUT2D eigenvalue weighted by Crippen LogP contribution is 2.31. The Morgan fingerprint density at radius 2 is 2.15 bits per heavy atom. The molecule has 2 aromatic rings. The summed E-state index contributed by atoms with van der Waals surface area (Å²) in [6, 6.07) is 4.02. The van der Waals surface area contributed by atoms with E-state index < -0.39 is 0 Å². The van der Waals surface area contributed by atoms with Crippen molar-refractivity contribution in [2.75, 3.05) is 19.0 Å². The van der Waals surface area contributed by atoms with Crippen LogP contribution in [0.2, 0.25) is 0 Å². The fraction of sp³-hybridized carbons (Fsp3) is 0.533. The predicted octanol–water partition coefficient (Wildman–Crippen LogP) is 3.52. The number of aryl methyl sites for hydroxylation is 1. The van der Waals surface area contributed by atoms with Gasteiger partial charge in [0.25, 0.3) is 0 Å². The molecule has 2 aromatic heterocycles.